The van der Waals surface area contributed by atoms with E-state index in [2.05, 4.69) is 87.3 Å². The molecule has 0 heterocycles. The highest BCUT2D eigenvalue weighted by atomic mass is 28.4. The van der Waals surface area contributed by atoms with Crippen molar-refractivity contribution in [2.75, 3.05) is 33.9 Å². The van der Waals surface area contributed by atoms with Gasteiger partial charge in [-0.05, 0) is 80.0 Å². The second-order valence-electron chi connectivity index (χ2n) is 17.2. The van der Waals surface area contributed by atoms with Gasteiger partial charge >= 0.3 is 0 Å². The number of aliphatic hydroxyl groups is 1. The molecule has 7 atom stereocenters. The highest BCUT2D eigenvalue weighted by Crippen LogP contribution is 2.70. The van der Waals surface area contributed by atoms with E-state index in [1.54, 1.807) is 7.11 Å². The van der Waals surface area contributed by atoms with Crippen LogP contribution in [0.5, 0.6) is 0 Å². The molecule has 0 unspecified atom stereocenters. The summed E-state index contributed by atoms with van der Waals surface area (Å²) in [6.07, 6.45) is 6.68. The number of hydrogen-bond acceptors (Lipinski definition) is 6. The van der Waals surface area contributed by atoms with Crippen molar-refractivity contribution in [2.24, 2.45) is 28.1 Å². The number of methoxy groups -OCH3 is 1. The van der Waals surface area contributed by atoms with Crippen molar-refractivity contribution in [3.05, 3.63) is 11.6 Å². The summed E-state index contributed by atoms with van der Waals surface area (Å²) in [6.45, 7) is 30.3. The lowest BCUT2D eigenvalue weighted by molar-refractivity contribution is -0.255. The van der Waals surface area contributed by atoms with Crippen LogP contribution in [0.25, 0.3) is 0 Å². The monoisotopic (exact) mass is 626 g/mol. The normalized spacial score (nSPS) is 35.1. The Labute approximate surface area is 260 Å². The molecular weight excluding hydrogens is 561 g/mol. The zero-order valence-electron chi connectivity index (χ0n) is 29.5. The Morgan fingerprint density at radius 3 is 2.21 bits per heavy atom. The lowest BCUT2D eigenvalue weighted by Gasteiger charge is -2.65. The first-order valence-electron chi connectivity index (χ1n) is 16.6. The van der Waals surface area contributed by atoms with Crippen molar-refractivity contribution >= 4 is 16.4 Å². The third kappa shape index (κ3) is 7.32. The van der Waals surface area contributed by atoms with Crippen LogP contribution in [0, 0.1) is 28.1 Å². The van der Waals surface area contributed by atoms with Gasteiger partial charge in [0.25, 0.3) is 0 Å². The number of hydrogen-bond donors (Lipinski definition) is 1. The maximum atomic E-state index is 12.2. The summed E-state index contributed by atoms with van der Waals surface area (Å²) in [5.41, 5.74) is 0.885. The molecule has 0 saturated heterocycles. The zero-order chi connectivity index (χ0) is 31.8. The molecule has 6 nitrogen and oxygen atoms in total. The Morgan fingerprint density at radius 2 is 1.62 bits per heavy atom. The molecule has 1 N–H and O–H groups in total. The van der Waals surface area contributed by atoms with Crippen LogP contribution in [0.1, 0.15) is 80.6 Å². The second kappa shape index (κ2) is 13.3. The highest BCUT2D eigenvalue weighted by molar-refractivity contribution is 6.76. The zero-order valence-corrected chi connectivity index (χ0v) is 31.5. The Bertz CT molecular complexity index is 922. The van der Waals surface area contributed by atoms with E-state index in [9.17, 15) is 5.11 Å². The summed E-state index contributed by atoms with van der Waals surface area (Å²) in [7, 11) is -1.58. The Kier molecular flexibility index (Phi) is 11.6. The van der Waals surface area contributed by atoms with E-state index in [0.717, 1.165) is 44.8 Å². The van der Waals surface area contributed by atoms with Crippen LogP contribution in [0.15, 0.2) is 11.6 Å². The van der Waals surface area contributed by atoms with Gasteiger partial charge in [0, 0.05) is 45.8 Å². The van der Waals surface area contributed by atoms with Crippen molar-refractivity contribution in [1.29, 1.82) is 0 Å². The molecule has 0 aliphatic heterocycles. The summed E-state index contributed by atoms with van der Waals surface area (Å²) in [6, 6.07) is 1.13. The predicted octanol–water partition coefficient (Wildman–Crippen LogP) is 8.24. The fraction of sp³-hybridized carbons (Fsp3) is 0.941. The van der Waals surface area contributed by atoms with E-state index in [1.807, 2.05) is 0 Å². The van der Waals surface area contributed by atoms with Gasteiger partial charge in [-0.3, -0.25) is 0 Å². The van der Waals surface area contributed by atoms with Gasteiger partial charge in [0.1, 0.15) is 13.6 Å². The van der Waals surface area contributed by atoms with Gasteiger partial charge in [-0.2, -0.15) is 0 Å². The van der Waals surface area contributed by atoms with Crippen LogP contribution in [0.2, 0.25) is 43.8 Å². The molecule has 0 aromatic carbocycles. The van der Waals surface area contributed by atoms with E-state index >= 15 is 0 Å². The van der Waals surface area contributed by atoms with E-state index in [-0.39, 0.29) is 34.0 Å². The minimum atomic E-state index is -2.08. The largest absolute Gasteiger partial charge is 0.414 e. The standard InChI is InChI=1S/C34H66O6Si2/c1-25-22-34(17-14-18-37-23-36-8)27(32(25,5)6)21-28(35)33(7)29(39-24-38-19-20-41(9,10)11)16-15-26(30(33)34)40-42(12,13)31(2,3)4/h22,26-30,35H,14-21,23-24H2,1-13H3/t26-,27-,28-,29+,30-,33-,34+/m0/s1. The quantitative estimate of drug-likeness (QED) is 0.0907. The Hall–Kier alpha value is -0.0662. The summed E-state index contributed by atoms with van der Waals surface area (Å²) in [4.78, 5) is 0. The number of fused-ring (bicyclic) bond motifs is 3. The molecule has 2 fully saturated rings. The van der Waals surface area contributed by atoms with Crippen LogP contribution in [-0.4, -0.2) is 73.7 Å². The van der Waals surface area contributed by atoms with E-state index in [1.165, 1.54) is 5.57 Å². The summed E-state index contributed by atoms with van der Waals surface area (Å²) < 4.78 is 31.1. The van der Waals surface area contributed by atoms with Crippen molar-refractivity contribution in [1.82, 2.24) is 0 Å². The van der Waals surface area contributed by atoms with Gasteiger partial charge < -0.3 is 28.5 Å². The molecule has 0 aromatic rings. The van der Waals surface area contributed by atoms with Crippen LogP contribution < -0.4 is 0 Å². The third-order valence-electron chi connectivity index (χ3n) is 11.9. The average Bonchev–Trinajstić information content (AvgIpc) is 3.03. The molecule has 3 rings (SSSR count). The molecule has 0 aromatic heterocycles. The van der Waals surface area contributed by atoms with Crippen molar-refractivity contribution in [3.63, 3.8) is 0 Å². The maximum absolute atomic E-state index is 12.2. The number of aliphatic hydroxyl groups excluding tert-OH is 1. The molecule has 0 bridgehead atoms. The van der Waals surface area contributed by atoms with Gasteiger partial charge in [0.05, 0.1) is 12.2 Å². The first kappa shape index (κ1) is 36.4. The molecule has 0 radical (unpaired) electrons. The number of rotatable bonds is 14. The van der Waals surface area contributed by atoms with Crippen LogP contribution >= 0.6 is 0 Å². The summed E-state index contributed by atoms with van der Waals surface area (Å²) in [5, 5.41) is 12.3. The summed E-state index contributed by atoms with van der Waals surface area (Å²) in [5.74, 6) is 0.463. The smallest absolute Gasteiger partial charge is 0.192 e. The molecular formula is C34H66O6Si2. The lowest BCUT2D eigenvalue weighted by Crippen LogP contribution is -2.68. The summed E-state index contributed by atoms with van der Waals surface area (Å²) >= 11 is 0. The topological polar surface area (TPSA) is 66.4 Å². The Balaban J connectivity index is 2.03. The van der Waals surface area contributed by atoms with Crippen LogP contribution in [0.3, 0.4) is 0 Å². The van der Waals surface area contributed by atoms with Gasteiger partial charge in [-0.1, -0.05) is 72.8 Å². The first-order chi connectivity index (χ1) is 19.2. The van der Waals surface area contributed by atoms with E-state index in [0.29, 0.717) is 26.1 Å². The predicted molar refractivity (Wildman–Crippen MR) is 178 cm³/mol. The second-order valence-corrected chi connectivity index (χ2v) is 27.6. The molecule has 246 valence electrons. The lowest BCUT2D eigenvalue weighted by atomic mass is 9.43. The van der Waals surface area contributed by atoms with Crippen molar-refractivity contribution < 1.29 is 28.5 Å². The third-order valence-corrected chi connectivity index (χ3v) is 18.1. The van der Waals surface area contributed by atoms with Gasteiger partial charge in [-0.25, -0.2) is 0 Å². The fourth-order valence-corrected chi connectivity index (χ4v) is 10.3. The van der Waals surface area contributed by atoms with Gasteiger partial charge in [0.2, 0.25) is 0 Å². The van der Waals surface area contributed by atoms with Crippen LogP contribution in [0.4, 0.5) is 0 Å². The fourth-order valence-electron chi connectivity index (χ4n) is 8.21. The molecule has 8 heteroatoms. The highest BCUT2D eigenvalue weighted by Gasteiger charge is 2.69. The number of ether oxygens (including phenoxy) is 4. The minimum absolute atomic E-state index is 0.00494. The van der Waals surface area contributed by atoms with Crippen molar-refractivity contribution in [2.45, 2.75) is 143 Å². The van der Waals surface area contributed by atoms with Crippen molar-refractivity contribution in [3.8, 4) is 0 Å². The average molecular weight is 627 g/mol. The molecule has 3 aliphatic carbocycles. The molecule has 42 heavy (non-hydrogen) atoms. The number of allylic oxidation sites excluding steroid dienone is 2. The molecule has 2 saturated carbocycles. The van der Waals surface area contributed by atoms with Gasteiger partial charge in [0.15, 0.2) is 8.32 Å². The molecule has 3 aliphatic rings. The Morgan fingerprint density at radius 1 is 0.976 bits per heavy atom. The van der Waals surface area contributed by atoms with E-state index < -0.39 is 27.9 Å². The van der Waals surface area contributed by atoms with Gasteiger partial charge in [-0.15, -0.1) is 0 Å². The first-order valence-corrected chi connectivity index (χ1v) is 23.2. The maximum Gasteiger partial charge on any atom is 0.192 e. The molecule has 0 amide bonds. The minimum Gasteiger partial charge on any atom is -0.414 e. The SMILES string of the molecule is COCOCCC[C@@]12C=C(C)C(C)(C)[C@@H]1C[C@H](O)[C@]1(C)[C@@H]2[C@@H](O[Si](C)(C)C(C)(C)C)CC[C@H]1OCOCC[Si](C)(C)C. The molecule has 0 spiro atoms. The van der Waals surface area contributed by atoms with Crippen LogP contribution in [-0.2, 0) is 23.4 Å². The van der Waals surface area contributed by atoms with E-state index in [4.69, 9.17) is 23.4 Å².